The van der Waals surface area contributed by atoms with Crippen molar-refractivity contribution in [3.05, 3.63) is 0 Å². The Hall–Kier alpha value is -0.370. The summed E-state index contributed by atoms with van der Waals surface area (Å²) in [4.78, 5) is 12.1. The van der Waals surface area contributed by atoms with Crippen LogP contribution >= 0.6 is 0 Å². The van der Waals surface area contributed by atoms with Gasteiger partial charge in [-0.15, -0.1) is 0 Å². The van der Waals surface area contributed by atoms with Crippen LogP contribution in [0.3, 0.4) is 0 Å². The average Bonchev–Trinajstić information content (AvgIpc) is 2.32. The van der Waals surface area contributed by atoms with E-state index < -0.39 is 0 Å². The first-order valence-electron chi connectivity index (χ1n) is 7.64. The second-order valence-electron chi connectivity index (χ2n) is 7.51. The highest BCUT2D eigenvalue weighted by Gasteiger charge is 2.55. The summed E-state index contributed by atoms with van der Waals surface area (Å²) in [6.07, 6.45) is 6.24. The lowest BCUT2D eigenvalue weighted by molar-refractivity contribution is -0.156. The van der Waals surface area contributed by atoms with E-state index in [0.717, 1.165) is 25.4 Å². The summed E-state index contributed by atoms with van der Waals surface area (Å²) >= 11 is 0. The number of hydrogen-bond acceptors (Lipinski definition) is 2. The van der Waals surface area contributed by atoms with Crippen LogP contribution in [0.2, 0.25) is 0 Å². The van der Waals surface area contributed by atoms with Gasteiger partial charge in [-0.3, -0.25) is 4.79 Å². The molecule has 0 aromatic rings. The number of carbonyl (C=O) groups excluding carboxylic acids is 1. The highest BCUT2D eigenvalue weighted by molar-refractivity contribution is 5.85. The van der Waals surface area contributed by atoms with Gasteiger partial charge in [0, 0.05) is 11.8 Å². The molecule has 0 aromatic heterocycles. The first-order chi connectivity index (χ1) is 8.49. The van der Waals surface area contributed by atoms with E-state index in [9.17, 15) is 4.79 Å². The number of ether oxygens (including phenoxy) is 1. The number of ketones is 1. The van der Waals surface area contributed by atoms with E-state index in [4.69, 9.17) is 4.74 Å². The van der Waals surface area contributed by atoms with Crippen LogP contribution in [0.1, 0.15) is 52.9 Å². The predicted octanol–water partition coefficient (Wildman–Crippen LogP) is 3.44. The molecule has 4 saturated carbocycles. The van der Waals surface area contributed by atoms with Gasteiger partial charge in [0.05, 0.1) is 12.7 Å². The molecule has 0 radical (unpaired) electrons. The zero-order valence-electron chi connectivity index (χ0n) is 11.9. The van der Waals surface area contributed by atoms with E-state index in [1.165, 1.54) is 19.3 Å². The quantitative estimate of drug-likeness (QED) is 0.764. The van der Waals surface area contributed by atoms with E-state index in [2.05, 4.69) is 20.8 Å². The van der Waals surface area contributed by atoms with E-state index in [1.54, 1.807) is 0 Å². The Morgan fingerprint density at radius 3 is 2.33 bits per heavy atom. The van der Waals surface area contributed by atoms with Crippen molar-refractivity contribution in [2.45, 2.75) is 59.0 Å². The molecule has 3 unspecified atom stereocenters. The van der Waals surface area contributed by atoms with Gasteiger partial charge >= 0.3 is 0 Å². The first kappa shape index (κ1) is 12.7. The molecule has 0 aliphatic heterocycles. The number of hydrogen-bond donors (Lipinski definition) is 0. The molecule has 4 rings (SSSR count). The predicted molar refractivity (Wildman–Crippen MR) is 71.2 cm³/mol. The standard InChI is InChI=1S/C16H26O2/c1-10(2)11(3)18-9-16-6-12-4-13(7-16)15(17)14(5-12)8-16/h10-14H,4-9H2,1-3H3. The Morgan fingerprint density at radius 2 is 1.78 bits per heavy atom. The highest BCUT2D eigenvalue weighted by atomic mass is 16.5. The fourth-order valence-electron chi connectivity index (χ4n) is 4.59. The third-order valence-electron chi connectivity index (χ3n) is 5.71. The molecule has 102 valence electrons. The molecule has 0 spiro atoms. The maximum absolute atomic E-state index is 12.1. The summed E-state index contributed by atoms with van der Waals surface area (Å²) in [5.74, 6) is 2.75. The fraction of sp³-hybridized carbons (Fsp3) is 0.938. The maximum atomic E-state index is 12.1. The minimum atomic E-state index is 0.341. The van der Waals surface area contributed by atoms with E-state index in [-0.39, 0.29) is 0 Å². The van der Waals surface area contributed by atoms with Crippen molar-refractivity contribution in [3.63, 3.8) is 0 Å². The average molecular weight is 250 g/mol. The van der Waals surface area contributed by atoms with Gasteiger partial charge < -0.3 is 4.74 Å². The summed E-state index contributed by atoms with van der Waals surface area (Å²) in [7, 11) is 0. The summed E-state index contributed by atoms with van der Waals surface area (Å²) in [6, 6.07) is 0. The number of rotatable bonds is 4. The SMILES string of the molecule is CC(C)C(C)OCC12CC3CC(C1)C(=O)C(C3)C2. The highest BCUT2D eigenvalue weighted by Crippen LogP contribution is 2.58. The maximum Gasteiger partial charge on any atom is 0.139 e. The van der Waals surface area contributed by atoms with Crippen LogP contribution in [-0.4, -0.2) is 18.5 Å². The van der Waals surface area contributed by atoms with E-state index >= 15 is 0 Å². The third kappa shape index (κ3) is 2.03. The van der Waals surface area contributed by atoms with Crippen LogP contribution in [-0.2, 0) is 9.53 Å². The summed E-state index contributed by atoms with van der Waals surface area (Å²) in [5, 5.41) is 0. The molecule has 0 N–H and O–H groups in total. The minimum absolute atomic E-state index is 0.341. The second kappa shape index (κ2) is 4.33. The Kier molecular flexibility index (Phi) is 3.04. The van der Waals surface area contributed by atoms with Gasteiger partial charge in [0.15, 0.2) is 0 Å². The molecule has 4 aliphatic carbocycles. The smallest absolute Gasteiger partial charge is 0.139 e. The van der Waals surface area contributed by atoms with E-state index in [1.807, 2.05) is 0 Å². The largest absolute Gasteiger partial charge is 0.378 e. The Labute approximate surface area is 110 Å². The summed E-state index contributed by atoms with van der Waals surface area (Å²) in [5.41, 5.74) is 0.355. The number of carbonyl (C=O) groups is 1. The monoisotopic (exact) mass is 250 g/mol. The van der Waals surface area contributed by atoms with Crippen LogP contribution in [0.4, 0.5) is 0 Å². The van der Waals surface area contributed by atoms with Crippen molar-refractivity contribution in [1.29, 1.82) is 0 Å². The van der Waals surface area contributed by atoms with Crippen molar-refractivity contribution in [2.24, 2.45) is 29.1 Å². The molecule has 4 fully saturated rings. The van der Waals surface area contributed by atoms with Crippen molar-refractivity contribution < 1.29 is 9.53 Å². The van der Waals surface area contributed by atoms with Crippen LogP contribution in [0.15, 0.2) is 0 Å². The molecule has 4 bridgehead atoms. The first-order valence-corrected chi connectivity index (χ1v) is 7.64. The Bertz CT molecular complexity index is 329. The van der Waals surface area contributed by atoms with Crippen molar-refractivity contribution >= 4 is 5.78 Å². The van der Waals surface area contributed by atoms with Gasteiger partial charge in [0.1, 0.15) is 5.78 Å². The Balaban J connectivity index is 1.67. The van der Waals surface area contributed by atoms with E-state index in [0.29, 0.717) is 35.1 Å². The zero-order chi connectivity index (χ0) is 12.9. The van der Waals surface area contributed by atoms with Gasteiger partial charge in [-0.2, -0.15) is 0 Å². The van der Waals surface area contributed by atoms with Crippen LogP contribution in [0.25, 0.3) is 0 Å². The summed E-state index contributed by atoms with van der Waals surface area (Å²) < 4.78 is 6.11. The van der Waals surface area contributed by atoms with Gasteiger partial charge in [0.25, 0.3) is 0 Å². The lowest BCUT2D eigenvalue weighted by Crippen LogP contribution is -2.53. The Morgan fingerprint density at radius 1 is 1.17 bits per heavy atom. The van der Waals surface area contributed by atoms with Crippen molar-refractivity contribution in [1.82, 2.24) is 0 Å². The molecule has 0 saturated heterocycles. The molecule has 2 heteroatoms. The molecular weight excluding hydrogens is 224 g/mol. The zero-order valence-corrected chi connectivity index (χ0v) is 11.9. The van der Waals surface area contributed by atoms with Crippen LogP contribution < -0.4 is 0 Å². The molecule has 0 amide bonds. The van der Waals surface area contributed by atoms with Gasteiger partial charge in [-0.05, 0) is 56.3 Å². The fourth-order valence-corrected chi connectivity index (χ4v) is 4.59. The van der Waals surface area contributed by atoms with Crippen molar-refractivity contribution in [2.75, 3.05) is 6.61 Å². The lowest BCUT2D eigenvalue weighted by atomic mass is 9.49. The summed E-state index contributed by atoms with van der Waals surface area (Å²) in [6.45, 7) is 7.50. The second-order valence-corrected chi connectivity index (χ2v) is 7.51. The molecule has 18 heavy (non-hydrogen) atoms. The van der Waals surface area contributed by atoms with Gasteiger partial charge in [0.2, 0.25) is 0 Å². The molecule has 0 heterocycles. The molecule has 4 aliphatic rings. The molecule has 0 aromatic carbocycles. The third-order valence-corrected chi connectivity index (χ3v) is 5.71. The topological polar surface area (TPSA) is 26.3 Å². The minimum Gasteiger partial charge on any atom is -0.378 e. The van der Waals surface area contributed by atoms with Crippen molar-refractivity contribution in [3.8, 4) is 0 Å². The van der Waals surface area contributed by atoms with Gasteiger partial charge in [-0.25, -0.2) is 0 Å². The number of Topliss-reactive ketones (excluding diaryl/α,β-unsaturated/α-hetero) is 1. The molecule has 3 atom stereocenters. The van der Waals surface area contributed by atoms with Crippen LogP contribution in [0, 0.1) is 29.1 Å². The normalized spacial score (nSPS) is 43.8. The van der Waals surface area contributed by atoms with Crippen LogP contribution in [0.5, 0.6) is 0 Å². The van der Waals surface area contributed by atoms with Gasteiger partial charge in [-0.1, -0.05) is 13.8 Å². The molecule has 2 nitrogen and oxygen atoms in total. The molecular formula is C16H26O2. The lowest BCUT2D eigenvalue weighted by Gasteiger charge is -2.55.